The lowest BCUT2D eigenvalue weighted by Gasteiger charge is -2.25. The van der Waals surface area contributed by atoms with Crippen LogP contribution in [-0.4, -0.2) is 42.8 Å². The molecule has 3 rings (SSSR count). The van der Waals surface area contributed by atoms with E-state index in [1.165, 1.54) is 4.90 Å². The summed E-state index contributed by atoms with van der Waals surface area (Å²) in [6.07, 6.45) is -0.744. The Morgan fingerprint density at radius 1 is 1.10 bits per heavy atom. The molecule has 2 amide bonds. The van der Waals surface area contributed by atoms with E-state index in [1.807, 2.05) is 30.3 Å². The Bertz CT molecular complexity index is 939. The lowest BCUT2D eigenvalue weighted by molar-refractivity contribution is -0.144. The van der Waals surface area contributed by atoms with Crippen molar-refractivity contribution in [1.82, 2.24) is 5.32 Å². The van der Waals surface area contributed by atoms with E-state index in [0.29, 0.717) is 11.4 Å². The van der Waals surface area contributed by atoms with E-state index in [2.05, 4.69) is 5.32 Å². The van der Waals surface area contributed by atoms with Crippen molar-refractivity contribution in [2.24, 2.45) is 0 Å². The minimum atomic E-state index is -1.02. The van der Waals surface area contributed by atoms with E-state index in [0.717, 1.165) is 5.56 Å². The maximum atomic E-state index is 13.2. The third-order valence-electron chi connectivity index (χ3n) is 4.35. The molecule has 0 aliphatic carbocycles. The average Bonchev–Trinajstić information content (AvgIpc) is 2.84. The van der Waals surface area contributed by atoms with Crippen molar-refractivity contribution in [3.63, 3.8) is 0 Å². The third-order valence-corrected chi connectivity index (χ3v) is 4.35. The van der Waals surface area contributed by atoms with Crippen molar-refractivity contribution in [3.8, 4) is 5.75 Å². The van der Waals surface area contributed by atoms with Crippen molar-refractivity contribution in [1.29, 1.82) is 0 Å². The quantitative estimate of drug-likeness (QED) is 0.739. The standard InChI is InChI=1S/C23H26N2O6/c1-23(2,3)31-22(28)24-17-15-29-19-12-8-7-11-18(19)25(21(17)27)13-20(26)30-14-16-9-5-4-6-10-16/h4-12,17H,13-15H2,1-3H3,(H,24,28). The van der Waals surface area contributed by atoms with Crippen LogP contribution in [-0.2, 0) is 25.7 Å². The highest BCUT2D eigenvalue weighted by atomic mass is 16.6. The minimum absolute atomic E-state index is 0.0926. The van der Waals surface area contributed by atoms with Crippen LogP contribution in [0.3, 0.4) is 0 Å². The van der Waals surface area contributed by atoms with E-state index in [1.54, 1.807) is 45.0 Å². The molecule has 31 heavy (non-hydrogen) atoms. The van der Waals surface area contributed by atoms with Gasteiger partial charge >= 0.3 is 12.1 Å². The summed E-state index contributed by atoms with van der Waals surface area (Å²) < 4.78 is 16.3. The molecule has 1 aliphatic heterocycles. The van der Waals surface area contributed by atoms with E-state index in [-0.39, 0.29) is 19.8 Å². The second kappa shape index (κ2) is 9.51. The number of anilines is 1. The first-order valence-corrected chi connectivity index (χ1v) is 9.95. The molecule has 1 N–H and O–H groups in total. The molecule has 0 radical (unpaired) electrons. The molecule has 0 saturated heterocycles. The summed E-state index contributed by atoms with van der Waals surface area (Å²) in [7, 11) is 0. The zero-order chi connectivity index (χ0) is 22.4. The number of carbonyl (C=O) groups is 3. The van der Waals surface area contributed by atoms with Gasteiger partial charge in [-0.3, -0.25) is 14.5 Å². The number of ether oxygens (including phenoxy) is 3. The number of benzene rings is 2. The number of para-hydroxylation sites is 2. The summed E-state index contributed by atoms with van der Waals surface area (Å²) in [5.74, 6) is -0.641. The van der Waals surface area contributed by atoms with Crippen LogP contribution in [0.4, 0.5) is 10.5 Å². The van der Waals surface area contributed by atoms with E-state index >= 15 is 0 Å². The van der Waals surface area contributed by atoms with Crippen molar-refractivity contribution in [2.75, 3.05) is 18.1 Å². The zero-order valence-corrected chi connectivity index (χ0v) is 17.8. The molecule has 0 saturated carbocycles. The molecule has 164 valence electrons. The summed E-state index contributed by atoms with van der Waals surface area (Å²) >= 11 is 0. The lowest BCUT2D eigenvalue weighted by atomic mass is 10.2. The summed E-state index contributed by atoms with van der Waals surface area (Å²) in [5, 5.41) is 2.53. The van der Waals surface area contributed by atoms with Crippen LogP contribution < -0.4 is 15.0 Å². The molecule has 0 bridgehead atoms. The van der Waals surface area contributed by atoms with Crippen LogP contribution in [0.1, 0.15) is 26.3 Å². The molecule has 1 aliphatic rings. The Kier molecular flexibility index (Phi) is 6.79. The second-order valence-electron chi connectivity index (χ2n) is 8.05. The third kappa shape index (κ3) is 6.21. The Morgan fingerprint density at radius 3 is 2.48 bits per heavy atom. The molecular formula is C23H26N2O6. The Hall–Kier alpha value is -3.55. The highest BCUT2D eigenvalue weighted by Crippen LogP contribution is 2.31. The van der Waals surface area contributed by atoms with Gasteiger partial charge in [0.25, 0.3) is 5.91 Å². The van der Waals surface area contributed by atoms with Gasteiger partial charge in [-0.05, 0) is 38.5 Å². The van der Waals surface area contributed by atoms with Crippen molar-refractivity contribution in [3.05, 3.63) is 60.2 Å². The van der Waals surface area contributed by atoms with E-state index in [9.17, 15) is 14.4 Å². The topological polar surface area (TPSA) is 94.2 Å². The number of carbonyl (C=O) groups excluding carboxylic acids is 3. The molecule has 1 heterocycles. The van der Waals surface area contributed by atoms with Gasteiger partial charge in [0.15, 0.2) is 0 Å². The summed E-state index contributed by atoms with van der Waals surface area (Å²) in [5.41, 5.74) is 0.548. The molecule has 2 aromatic carbocycles. The minimum Gasteiger partial charge on any atom is -0.489 e. The molecule has 1 atom stereocenters. The van der Waals surface area contributed by atoms with Gasteiger partial charge in [0.2, 0.25) is 0 Å². The Morgan fingerprint density at radius 2 is 1.77 bits per heavy atom. The number of nitrogens with one attached hydrogen (secondary N) is 1. The maximum absolute atomic E-state index is 13.2. The number of hydrogen-bond donors (Lipinski definition) is 1. The van der Waals surface area contributed by atoms with Gasteiger partial charge in [0.1, 0.15) is 37.2 Å². The van der Waals surface area contributed by atoms with E-state index < -0.39 is 29.6 Å². The van der Waals surface area contributed by atoms with Crippen molar-refractivity contribution >= 4 is 23.7 Å². The summed E-state index contributed by atoms with van der Waals surface area (Å²) in [4.78, 5) is 39.1. The summed E-state index contributed by atoms with van der Waals surface area (Å²) in [6, 6.07) is 15.1. The average molecular weight is 426 g/mol. The van der Waals surface area contributed by atoms with Gasteiger partial charge in [-0.2, -0.15) is 0 Å². The fourth-order valence-electron chi connectivity index (χ4n) is 2.98. The first kappa shape index (κ1) is 22.1. The van der Waals surface area contributed by atoms with E-state index in [4.69, 9.17) is 14.2 Å². The van der Waals surface area contributed by atoms with Gasteiger partial charge in [0, 0.05) is 0 Å². The largest absolute Gasteiger partial charge is 0.489 e. The summed E-state index contributed by atoms with van der Waals surface area (Å²) in [6.45, 7) is 4.86. The van der Waals surface area contributed by atoms with Crippen molar-refractivity contribution < 1.29 is 28.6 Å². The SMILES string of the molecule is CC(C)(C)OC(=O)NC1COc2ccccc2N(CC(=O)OCc2ccccc2)C1=O. The van der Waals surface area contributed by atoms with Crippen LogP contribution >= 0.6 is 0 Å². The Labute approximate surface area is 181 Å². The fraction of sp³-hybridized carbons (Fsp3) is 0.348. The van der Waals surface area contributed by atoms with Crippen molar-refractivity contribution in [2.45, 2.75) is 39.0 Å². The van der Waals surface area contributed by atoms with Gasteiger partial charge in [-0.15, -0.1) is 0 Å². The van der Waals surface area contributed by atoms with Gasteiger partial charge < -0.3 is 19.5 Å². The predicted octanol–water partition coefficient (Wildman–Crippen LogP) is 3.05. The molecule has 8 nitrogen and oxygen atoms in total. The number of hydrogen-bond acceptors (Lipinski definition) is 6. The first-order valence-electron chi connectivity index (χ1n) is 9.95. The molecule has 0 fully saturated rings. The number of rotatable bonds is 5. The predicted molar refractivity (Wildman–Crippen MR) is 114 cm³/mol. The first-order chi connectivity index (χ1) is 14.7. The van der Waals surface area contributed by atoms with Gasteiger partial charge in [-0.1, -0.05) is 42.5 Å². The van der Waals surface area contributed by atoms with Gasteiger partial charge in [-0.25, -0.2) is 4.79 Å². The number of esters is 1. The van der Waals surface area contributed by atoms with Crippen LogP contribution in [0.2, 0.25) is 0 Å². The normalized spacial score (nSPS) is 15.9. The lowest BCUT2D eigenvalue weighted by Crippen LogP contribution is -2.52. The Balaban J connectivity index is 1.73. The number of nitrogens with zero attached hydrogens (tertiary/aromatic N) is 1. The van der Waals surface area contributed by atoms with Gasteiger partial charge in [0.05, 0.1) is 5.69 Å². The smallest absolute Gasteiger partial charge is 0.408 e. The number of alkyl carbamates (subject to hydrolysis) is 1. The number of amides is 2. The second-order valence-corrected chi connectivity index (χ2v) is 8.05. The molecule has 2 aromatic rings. The molecular weight excluding hydrogens is 400 g/mol. The van der Waals surface area contributed by atoms with Crippen LogP contribution in [0, 0.1) is 0 Å². The molecule has 1 unspecified atom stereocenters. The molecule has 8 heteroatoms. The zero-order valence-electron chi connectivity index (χ0n) is 17.8. The van der Waals surface area contributed by atoms with Crippen LogP contribution in [0.15, 0.2) is 54.6 Å². The van der Waals surface area contributed by atoms with Crippen LogP contribution in [0.25, 0.3) is 0 Å². The number of fused-ring (bicyclic) bond motifs is 1. The monoisotopic (exact) mass is 426 g/mol. The fourth-order valence-corrected chi connectivity index (χ4v) is 2.98. The maximum Gasteiger partial charge on any atom is 0.408 e. The highest BCUT2D eigenvalue weighted by molar-refractivity contribution is 6.03. The molecule has 0 spiro atoms. The molecule has 0 aromatic heterocycles. The van der Waals surface area contributed by atoms with Crippen LogP contribution in [0.5, 0.6) is 5.75 Å². The highest BCUT2D eigenvalue weighted by Gasteiger charge is 2.34.